The molecule has 35 heavy (non-hydrogen) atoms. The van der Waals surface area contributed by atoms with E-state index in [0.29, 0.717) is 41.2 Å². The van der Waals surface area contributed by atoms with Crippen LogP contribution in [-0.2, 0) is 9.59 Å². The van der Waals surface area contributed by atoms with Gasteiger partial charge in [-0.05, 0) is 70.7 Å². The molecule has 4 amide bonds. The third-order valence-corrected chi connectivity index (χ3v) is 6.10. The molecule has 2 aliphatic rings. The van der Waals surface area contributed by atoms with Gasteiger partial charge in [-0.3, -0.25) is 24.1 Å². The fourth-order valence-corrected chi connectivity index (χ4v) is 4.32. The molecule has 0 saturated carbocycles. The Hall–Kier alpha value is -3.72. The van der Waals surface area contributed by atoms with Gasteiger partial charge in [-0.1, -0.05) is 12.1 Å². The van der Waals surface area contributed by atoms with E-state index in [1.165, 1.54) is 4.90 Å². The van der Waals surface area contributed by atoms with Crippen molar-refractivity contribution in [3.05, 3.63) is 53.6 Å². The second-order valence-electron chi connectivity index (χ2n) is 9.05. The van der Waals surface area contributed by atoms with Crippen molar-refractivity contribution in [1.82, 2.24) is 9.80 Å². The van der Waals surface area contributed by atoms with E-state index < -0.39 is 6.10 Å². The maximum Gasteiger partial charge on any atom is 0.267 e. The molecule has 0 spiro atoms. The van der Waals surface area contributed by atoms with Crippen molar-refractivity contribution in [3.63, 3.8) is 0 Å². The molecule has 0 radical (unpaired) electrons. The third-order valence-electron chi connectivity index (χ3n) is 6.10. The van der Waals surface area contributed by atoms with Gasteiger partial charge in [0, 0.05) is 25.2 Å². The van der Waals surface area contributed by atoms with Crippen LogP contribution in [0.5, 0.6) is 5.75 Å². The summed E-state index contributed by atoms with van der Waals surface area (Å²) in [5, 5.41) is 2.85. The number of nitrogens with one attached hydrogen (secondary N) is 1. The molecule has 2 heterocycles. The molecular formula is C26H30N4O5. The first kappa shape index (κ1) is 24.4. The van der Waals surface area contributed by atoms with Gasteiger partial charge in [0.25, 0.3) is 17.7 Å². The standard InChI is InChI=1S/C26H30N4O5/c1-17-24(32)29(15-7-13-28(2)3)21-16-18(11-12-22(21)35-17)27-23(31)10-6-14-30-25(33)19-8-4-5-9-20(19)26(30)34/h4-5,8-9,11-12,16-17H,6-7,10,13-15H2,1-3H3,(H,27,31). The highest BCUT2D eigenvalue weighted by atomic mass is 16.5. The molecule has 0 bridgehead atoms. The summed E-state index contributed by atoms with van der Waals surface area (Å²) in [4.78, 5) is 55.2. The second-order valence-corrected chi connectivity index (χ2v) is 9.05. The van der Waals surface area contributed by atoms with Crippen molar-refractivity contribution in [1.29, 1.82) is 0 Å². The number of rotatable bonds is 9. The Labute approximate surface area is 204 Å². The van der Waals surface area contributed by atoms with Crippen LogP contribution < -0.4 is 15.0 Å². The molecule has 4 rings (SSSR count). The maximum atomic E-state index is 12.7. The fraction of sp³-hybridized carbons (Fsp3) is 0.385. The molecule has 9 heteroatoms. The molecule has 2 aromatic rings. The summed E-state index contributed by atoms with van der Waals surface area (Å²) >= 11 is 0. The summed E-state index contributed by atoms with van der Waals surface area (Å²) in [7, 11) is 3.97. The zero-order valence-electron chi connectivity index (χ0n) is 20.2. The normalized spacial score (nSPS) is 16.9. The molecule has 0 fully saturated rings. The summed E-state index contributed by atoms with van der Waals surface area (Å²) in [5.74, 6) is -0.397. The van der Waals surface area contributed by atoms with Crippen LogP contribution in [0.2, 0.25) is 0 Å². The molecule has 1 N–H and O–H groups in total. The van der Waals surface area contributed by atoms with E-state index in [1.807, 2.05) is 14.1 Å². The maximum absolute atomic E-state index is 12.7. The van der Waals surface area contributed by atoms with Gasteiger partial charge in [0.1, 0.15) is 5.75 Å². The number of carbonyl (C=O) groups excluding carboxylic acids is 4. The summed E-state index contributed by atoms with van der Waals surface area (Å²) in [5.41, 5.74) is 1.99. The quantitative estimate of drug-likeness (QED) is 0.557. The summed E-state index contributed by atoms with van der Waals surface area (Å²) in [6.45, 7) is 3.30. The summed E-state index contributed by atoms with van der Waals surface area (Å²) in [6, 6.07) is 12.0. The number of anilines is 2. The number of carbonyl (C=O) groups is 4. The molecule has 2 aliphatic heterocycles. The fourth-order valence-electron chi connectivity index (χ4n) is 4.32. The third kappa shape index (κ3) is 5.19. The Morgan fingerprint density at radius 2 is 1.63 bits per heavy atom. The number of amides is 4. The van der Waals surface area contributed by atoms with Crippen LogP contribution >= 0.6 is 0 Å². The first-order chi connectivity index (χ1) is 16.8. The van der Waals surface area contributed by atoms with Crippen LogP contribution in [0.25, 0.3) is 0 Å². The number of imide groups is 1. The summed E-state index contributed by atoms with van der Waals surface area (Å²) < 4.78 is 5.75. The molecule has 2 aromatic carbocycles. The Morgan fingerprint density at radius 1 is 0.971 bits per heavy atom. The zero-order valence-corrected chi connectivity index (χ0v) is 20.2. The largest absolute Gasteiger partial charge is 0.479 e. The van der Waals surface area contributed by atoms with Gasteiger partial charge in [0.2, 0.25) is 5.91 Å². The predicted octanol–water partition coefficient (Wildman–Crippen LogP) is 2.77. The van der Waals surface area contributed by atoms with Crippen molar-refractivity contribution in [2.45, 2.75) is 32.3 Å². The molecule has 1 unspecified atom stereocenters. The average Bonchev–Trinajstić information content (AvgIpc) is 3.07. The van der Waals surface area contributed by atoms with Crippen molar-refractivity contribution < 1.29 is 23.9 Å². The number of nitrogens with zero attached hydrogens (tertiary/aromatic N) is 3. The monoisotopic (exact) mass is 478 g/mol. The lowest BCUT2D eigenvalue weighted by Gasteiger charge is -2.33. The number of fused-ring (bicyclic) bond motifs is 2. The molecule has 0 aromatic heterocycles. The van der Waals surface area contributed by atoms with E-state index in [-0.39, 0.29) is 36.6 Å². The van der Waals surface area contributed by atoms with Crippen molar-refractivity contribution in [3.8, 4) is 5.75 Å². The SMILES string of the molecule is CC1Oc2ccc(NC(=O)CCCN3C(=O)c4ccccc4C3=O)cc2N(CCCN(C)C)C1=O. The van der Waals surface area contributed by atoms with E-state index in [4.69, 9.17) is 4.74 Å². The lowest BCUT2D eigenvalue weighted by atomic mass is 10.1. The smallest absolute Gasteiger partial charge is 0.267 e. The predicted molar refractivity (Wildman–Crippen MR) is 132 cm³/mol. The highest BCUT2D eigenvalue weighted by Crippen LogP contribution is 2.36. The Balaban J connectivity index is 1.35. The minimum absolute atomic E-state index is 0.110. The lowest BCUT2D eigenvalue weighted by molar-refractivity contribution is -0.125. The molecular weight excluding hydrogens is 448 g/mol. The number of hydrogen-bond acceptors (Lipinski definition) is 6. The van der Waals surface area contributed by atoms with Crippen LogP contribution in [0.1, 0.15) is 46.9 Å². The van der Waals surface area contributed by atoms with Crippen molar-refractivity contribution in [2.24, 2.45) is 0 Å². The van der Waals surface area contributed by atoms with E-state index in [0.717, 1.165) is 13.0 Å². The summed E-state index contributed by atoms with van der Waals surface area (Å²) in [6.07, 6.45) is 0.727. The highest BCUT2D eigenvalue weighted by molar-refractivity contribution is 6.21. The van der Waals surface area contributed by atoms with Crippen LogP contribution in [-0.4, -0.2) is 73.3 Å². The van der Waals surface area contributed by atoms with E-state index in [1.54, 1.807) is 54.3 Å². The first-order valence-electron chi connectivity index (χ1n) is 11.8. The average molecular weight is 479 g/mol. The molecule has 0 aliphatic carbocycles. The van der Waals surface area contributed by atoms with Gasteiger partial charge in [-0.15, -0.1) is 0 Å². The van der Waals surface area contributed by atoms with Crippen LogP contribution in [0.3, 0.4) is 0 Å². The van der Waals surface area contributed by atoms with Crippen molar-refractivity contribution >= 4 is 35.0 Å². The van der Waals surface area contributed by atoms with Crippen LogP contribution in [0, 0.1) is 0 Å². The van der Waals surface area contributed by atoms with Crippen LogP contribution in [0.15, 0.2) is 42.5 Å². The van der Waals surface area contributed by atoms with Gasteiger partial charge >= 0.3 is 0 Å². The Morgan fingerprint density at radius 3 is 2.29 bits per heavy atom. The highest BCUT2D eigenvalue weighted by Gasteiger charge is 2.35. The van der Waals surface area contributed by atoms with Gasteiger partial charge in [0.15, 0.2) is 6.10 Å². The van der Waals surface area contributed by atoms with Gasteiger partial charge in [-0.2, -0.15) is 0 Å². The molecule has 1 atom stereocenters. The Bertz CT molecular complexity index is 1130. The van der Waals surface area contributed by atoms with E-state index in [2.05, 4.69) is 10.2 Å². The topological polar surface area (TPSA) is 99.3 Å². The zero-order chi connectivity index (χ0) is 25.1. The number of hydrogen-bond donors (Lipinski definition) is 1. The van der Waals surface area contributed by atoms with E-state index >= 15 is 0 Å². The Kier molecular flexibility index (Phi) is 7.16. The van der Waals surface area contributed by atoms with Crippen LogP contribution in [0.4, 0.5) is 11.4 Å². The minimum Gasteiger partial charge on any atom is -0.479 e. The van der Waals surface area contributed by atoms with Crippen molar-refractivity contribution in [2.75, 3.05) is 43.9 Å². The second kappa shape index (κ2) is 10.3. The molecule has 184 valence electrons. The van der Waals surface area contributed by atoms with Gasteiger partial charge in [-0.25, -0.2) is 0 Å². The lowest BCUT2D eigenvalue weighted by Crippen LogP contribution is -2.45. The molecule has 0 saturated heterocycles. The number of ether oxygens (including phenoxy) is 1. The van der Waals surface area contributed by atoms with E-state index in [9.17, 15) is 19.2 Å². The van der Waals surface area contributed by atoms with Gasteiger partial charge in [0.05, 0.1) is 16.8 Å². The number of benzene rings is 2. The minimum atomic E-state index is -0.565. The molecule has 9 nitrogen and oxygen atoms in total. The first-order valence-corrected chi connectivity index (χ1v) is 11.8. The van der Waals surface area contributed by atoms with Gasteiger partial charge < -0.3 is 19.9 Å².